The third-order valence-electron chi connectivity index (χ3n) is 2.84. The number of rotatable bonds is 4. The van der Waals surface area contributed by atoms with Gasteiger partial charge in [0, 0.05) is 17.0 Å². The second-order valence-electron chi connectivity index (χ2n) is 3.77. The summed E-state index contributed by atoms with van der Waals surface area (Å²) in [7, 11) is 0. The third kappa shape index (κ3) is 2.12. The van der Waals surface area contributed by atoms with Gasteiger partial charge in [-0.1, -0.05) is 19.4 Å². The standard InChI is InChI=1S/C11H17NS/c1-2-10(11-7-4-8-13-11)12-9-5-3-6-9/h4,7-10,12H,2-3,5-6H2,1H3. The zero-order chi connectivity index (χ0) is 9.10. The van der Waals surface area contributed by atoms with Crippen molar-refractivity contribution in [3.8, 4) is 0 Å². The summed E-state index contributed by atoms with van der Waals surface area (Å²) in [6.45, 7) is 2.26. The molecule has 0 amide bonds. The molecule has 2 heteroatoms. The summed E-state index contributed by atoms with van der Waals surface area (Å²) in [5, 5.41) is 5.88. The molecule has 0 saturated heterocycles. The molecule has 1 unspecified atom stereocenters. The van der Waals surface area contributed by atoms with Gasteiger partial charge in [0.2, 0.25) is 0 Å². The van der Waals surface area contributed by atoms with E-state index < -0.39 is 0 Å². The van der Waals surface area contributed by atoms with Crippen LogP contribution in [0.2, 0.25) is 0 Å². The summed E-state index contributed by atoms with van der Waals surface area (Å²) in [6.07, 6.45) is 5.37. The van der Waals surface area contributed by atoms with E-state index in [4.69, 9.17) is 0 Å². The Hall–Kier alpha value is -0.340. The van der Waals surface area contributed by atoms with Crippen molar-refractivity contribution in [3.63, 3.8) is 0 Å². The predicted octanol–water partition coefficient (Wildman–Crippen LogP) is 3.34. The van der Waals surface area contributed by atoms with Crippen LogP contribution in [0.25, 0.3) is 0 Å². The molecule has 1 saturated carbocycles. The van der Waals surface area contributed by atoms with E-state index in [9.17, 15) is 0 Å². The highest BCUT2D eigenvalue weighted by molar-refractivity contribution is 7.10. The van der Waals surface area contributed by atoms with Crippen LogP contribution in [-0.2, 0) is 0 Å². The maximum atomic E-state index is 3.72. The number of nitrogens with one attached hydrogen (secondary N) is 1. The van der Waals surface area contributed by atoms with Crippen molar-refractivity contribution >= 4 is 11.3 Å². The van der Waals surface area contributed by atoms with E-state index >= 15 is 0 Å². The molecule has 1 aliphatic rings. The molecule has 0 aromatic carbocycles. The van der Waals surface area contributed by atoms with Gasteiger partial charge in [-0.2, -0.15) is 0 Å². The Kier molecular flexibility index (Phi) is 3.01. The first-order valence-corrected chi connectivity index (χ1v) is 6.07. The first-order chi connectivity index (χ1) is 6.40. The molecule has 1 atom stereocenters. The van der Waals surface area contributed by atoms with Crippen LogP contribution in [-0.4, -0.2) is 6.04 Å². The van der Waals surface area contributed by atoms with Crippen LogP contribution in [0.4, 0.5) is 0 Å². The molecule has 1 heterocycles. The van der Waals surface area contributed by atoms with E-state index in [-0.39, 0.29) is 0 Å². The summed E-state index contributed by atoms with van der Waals surface area (Å²) >= 11 is 1.87. The van der Waals surface area contributed by atoms with Gasteiger partial charge in [0.25, 0.3) is 0 Å². The fraction of sp³-hybridized carbons (Fsp3) is 0.636. The summed E-state index contributed by atoms with van der Waals surface area (Å²) < 4.78 is 0. The van der Waals surface area contributed by atoms with Gasteiger partial charge in [0.05, 0.1) is 0 Å². The molecule has 1 fully saturated rings. The average Bonchev–Trinajstić information content (AvgIpc) is 2.55. The van der Waals surface area contributed by atoms with Crippen LogP contribution in [0.1, 0.15) is 43.5 Å². The van der Waals surface area contributed by atoms with E-state index in [1.54, 1.807) is 0 Å². The fourth-order valence-corrected chi connectivity index (χ4v) is 2.62. The summed E-state index contributed by atoms with van der Waals surface area (Å²) in [4.78, 5) is 1.49. The lowest BCUT2D eigenvalue weighted by molar-refractivity contribution is 0.303. The highest BCUT2D eigenvalue weighted by Crippen LogP contribution is 2.26. The van der Waals surface area contributed by atoms with E-state index in [0.29, 0.717) is 6.04 Å². The summed E-state index contributed by atoms with van der Waals surface area (Å²) in [6, 6.07) is 5.78. The number of hydrogen-bond donors (Lipinski definition) is 1. The third-order valence-corrected chi connectivity index (χ3v) is 3.82. The second kappa shape index (κ2) is 4.25. The van der Waals surface area contributed by atoms with Crippen molar-refractivity contribution in [3.05, 3.63) is 22.4 Å². The molecule has 0 bridgehead atoms. The van der Waals surface area contributed by atoms with Gasteiger partial charge in [-0.25, -0.2) is 0 Å². The van der Waals surface area contributed by atoms with Crippen molar-refractivity contribution in [2.45, 2.75) is 44.7 Å². The van der Waals surface area contributed by atoms with Gasteiger partial charge >= 0.3 is 0 Å². The van der Waals surface area contributed by atoms with Crippen LogP contribution in [0, 0.1) is 0 Å². The van der Waals surface area contributed by atoms with Crippen molar-refractivity contribution in [1.82, 2.24) is 5.32 Å². The van der Waals surface area contributed by atoms with E-state index in [0.717, 1.165) is 6.04 Å². The lowest BCUT2D eigenvalue weighted by Crippen LogP contribution is -2.37. The highest BCUT2D eigenvalue weighted by Gasteiger charge is 2.21. The largest absolute Gasteiger partial charge is 0.306 e. The maximum absolute atomic E-state index is 3.72. The summed E-state index contributed by atoms with van der Waals surface area (Å²) in [5.41, 5.74) is 0. The van der Waals surface area contributed by atoms with Crippen molar-refractivity contribution < 1.29 is 0 Å². The SMILES string of the molecule is CCC(NC1CCC1)c1cccs1. The Morgan fingerprint density at radius 2 is 2.46 bits per heavy atom. The van der Waals surface area contributed by atoms with Gasteiger partial charge in [-0.15, -0.1) is 11.3 Å². The fourth-order valence-electron chi connectivity index (χ4n) is 1.75. The topological polar surface area (TPSA) is 12.0 Å². The molecule has 0 radical (unpaired) electrons. The van der Waals surface area contributed by atoms with Crippen LogP contribution in [0.5, 0.6) is 0 Å². The highest BCUT2D eigenvalue weighted by atomic mass is 32.1. The van der Waals surface area contributed by atoms with Crippen molar-refractivity contribution in [1.29, 1.82) is 0 Å². The van der Waals surface area contributed by atoms with Crippen LogP contribution in [0.15, 0.2) is 17.5 Å². The molecule has 2 rings (SSSR count). The first-order valence-electron chi connectivity index (χ1n) is 5.19. The molecule has 1 aromatic heterocycles. The second-order valence-corrected chi connectivity index (χ2v) is 4.75. The molecular formula is C11H17NS. The smallest absolute Gasteiger partial charge is 0.0414 e. The molecule has 1 aliphatic carbocycles. The zero-order valence-corrected chi connectivity index (χ0v) is 8.94. The molecule has 1 nitrogen and oxygen atoms in total. The van der Waals surface area contributed by atoms with E-state index in [2.05, 4.69) is 29.8 Å². The Balaban J connectivity index is 1.92. The number of thiophene rings is 1. The lowest BCUT2D eigenvalue weighted by Gasteiger charge is -2.30. The van der Waals surface area contributed by atoms with Gasteiger partial charge in [0.1, 0.15) is 0 Å². The molecule has 0 aliphatic heterocycles. The minimum absolute atomic E-state index is 0.602. The van der Waals surface area contributed by atoms with E-state index in [1.165, 1.54) is 30.6 Å². The Morgan fingerprint density at radius 1 is 1.62 bits per heavy atom. The summed E-state index contributed by atoms with van der Waals surface area (Å²) in [5.74, 6) is 0. The number of hydrogen-bond acceptors (Lipinski definition) is 2. The zero-order valence-electron chi connectivity index (χ0n) is 8.12. The molecular weight excluding hydrogens is 178 g/mol. The minimum atomic E-state index is 0.602. The Morgan fingerprint density at radius 3 is 2.92 bits per heavy atom. The van der Waals surface area contributed by atoms with Crippen LogP contribution in [0.3, 0.4) is 0 Å². The monoisotopic (exact) mass is 195 g/mol. The van der Waals surface area contributed by atoms with Gasteiger partial charge in [-0.3, -0.25) is 0 Å². The van der Waals surface area contributed by atoms with Crippen LogP contribution >= 0.6 is 11.3 Å². The average molecular weight is 195 g/mol. The Labute approximate surface area is 84.2 Å². The predicted molar refractivity (Wildman–Crippen MR) is 58.1 cm³/mol. The molecule has 13 heavy (non-hydrogen) atoms. The van der Waals surface area contributed by atoms with Gasteiger partial charge in [-0.05, 0) is 30.7 Å². The lowest BCUT2D eigenvalue weighted by atomic mass is 9.92. The molecule has 1 N–H and O–H groups in total. The molecule has 1 aromatic rings. The molecule has 72 valence electrons. The Bertz CT molecular complexity index is 239. The minimum Gasteiger partial charge on any atom is -0.306 e. The van der Waals surface area contributed by atoms with Gasteiger partial charge < -0.3 is 5.32 Å². The molecule has 0 spiro atoms. The van der Waals surface area contributed by atoms with E-state index in [1.807, 2.05) is 11.3 Å². The van der Waals surface area contributed by atoms with Crippen molar-refractivity contribution in [2.75, 3.05) is 0 Å². The van der Waals surface area contributed by atoms with Gasteiger partial charge in [0.15, 0.2) is 0 Å². The van der Waals surface area contributed by atoms with Crippen molar-refractivity contribution in [2.24, 2.45) is 0 Å². The quantitative estimate of drug-likeness (QED) is 0.777. The first kappa shape index (κ1) is 9.22. The maximum Gasteiger partial charge on any atom is 0.0414 e. The van der Waals surface area contributed by atoms with Crippen LogP contribution < -0.4 is 5.32 Å². The normalized spacial score (nSPS) is 19.8.